The SMILES string of the molecule is Nc1cc(C(=O)NC2CCSCC2)c(Br)cn1. The number of nitrogen functional groups attached to an aromatic ring is 1. The topological polar surface area (TPSA) is 68.0 Å². The van der Waals surface area contributed by atoms with Gasteiger partial charge in [-0.3, -0.25) is 4.79 Å². The molecule has 0 unspecified atom stereocenters. The third kappa shape index (κ3) is 3.35. The molecule has 1 saturated heterocycles. The minimum Gasteiger partial charge on any atom is -0.384 e. The molecule has 1 aliphatic rings. The van der Waals surface area contributed by atoms with Gasteiger partial charge in [-0.1, -0.05) is 0 Å². The summed E-state index contributed by atoms with van der Waals surface area (Å²) in [5.74, 6) is 2.51. The molecule has 1 aromatic heterocycles. The summed E-state index contributed by atoms with van der Waals surface area (Å²) < 4.78 is 0.675. The van der Waals surface area contributed by atoms with E-state index in [-0.39, 0.29) is 11.9 Å². The van der Waals surface area contributed by atoms with Crippen LogP contribution in [0.15, 0.2) is 16.7 Å². The van der Waals surface area contributed by atoms with Crippen LogP contribution in [-0.4, -0.2) is 28.4 Å². The molecule has 4 nitrogen and oxygen atoms in total. The number of nitrogens with two attached hydrogens (primary N) is 1. The van der Waals surface area contributed by atoms with E-state index in [0.29, 0.717) is 15.9 Å². The molecule has 92 valence electrons. The Labute approximate surface area is 113 Å². The Balaban J connectivity index is 2.05. The van der Waals surface area contributed by atoms with Crippen LogP contribution in [0.1, 0.15) is 23.2 Å². The molecular formula is C11H14BrN3OS. The summed E-state index contributed by atoms with van der Waals surface area (Å²) in [6, 6.07) is 1.88. The molecular weight excluding hydrogens is 302 g/mol. The van der Waals surface area contributed by atoms with Gasteiger partial charge in [-0.15, -0.1) is 0 Å². The fraction of sp³-hybridized carbons (Fsp3) is 0.455. The first-order valence-corrected chi connectivity index (χ1v) is 7.41. The summed E-state index contributed by atoms with van der Waals surface area (Å²) >= 11 is 5.25. The van der Waals surface area contributed by atoms with E-state index < -0.39 is 0 Å². The highest BCUT2D eigenvalue weighted by molar-refractivity contribution is 9.10. The minimum absolute atomic E-state index is 0.0807. The summed E-state index contributed by atoms with van der Waals surface area (Å²) in [5.41, 5.74) is 6.13. The zero-order valence-corrected chi connectivity index (χ0v) is 11.7. The second-order valence-corrected chi connectivity index (χ2v) is 6.03. The number of carbonyl (C=O) groups is 1. The van der Waals surface area contributed by atoms with Gasteiger partial charge in [0.2, 0.25) is 0 Å². The Morgan fingerprint density at radius 1 is 1.53 bits per heavy atom. The summed E-state index contributed by atoms with van der Waals surface area (Å²) in [4.78, 5) is 16.0. The van der Waals surface area contributed by atoms with E-state index in [9.17, 15) is 4.79 Å². The number of rotatable bonds is 2. The van der Waals surface area contributed by atoms with Crippen molar-refractivity contribution in [3.63, 3.8) is 0 Å². The van der Waals surface area contributed by atoms with E-state index in [2.05, 4.69) is 26.2 Å². The molecule has 0 aliphatic carbocycles. The minimum atomic E-state index is -0.0807. The van der Waals surface area contributed by atoms with Crippen molar-refractivity contribution in [2.24, 2.45) is 0 Å². The quantitative estimate of drug-likeness (QED) is 0.876. The zero-order valence-electron chi connectivity index (χ0n) is 9.28. The number of pyridine rings is 1. The molecule has 2 rings (SSSR count). The van der Waals surface area contributed by atoms with E-state index >= 15 is 0 Å². The van der Waals surface area contributed by atoms with Crippen molar-refractivity contribution < 1.29 is 4.79 Å². The van der Waals surface area contributed by atoms with Gasteiger partial charge in [-0.05, 0) is 46.3 Å². The number of thioether (sulfide) groups is 1. The van der Waals surface area contributed by atoms with Crippen molar-refractivity contribution in [3.8, 4) is 0 Å². The monoisotopic (exact) mass is 315 g/mol. The van der Waals surface area contributed by atoms with Crippen LogP contribution in [0.25, 0.3) is 0 Å². The van der Waals surface area contributed by atoms with Crippen LogP contribution in [0.5, 0.6) is 0 Å². The van der Waals surface area contributed by atoms with Crippen molar-refractivity contribution in [2.45, 2.75) is 18.9 Å². The summed E-state index contributed by atoms with van der Waals surface area (Å²) in [6.07, 6.45) is 3.63. The number of aromatic nitrogens is 1. The number of carbonyl (C=O) groups excluding carboxylic acids is 1. The van der Waals surface area contributed by atoms with Crippen molar-refractivity contribution in [1.82, 2.24) is 10.3 Å². The average Bonchev–Trinajstić information content (AvgIpc) is 2.33. The van der Waals surface area contributed by atoms with Crippen LogP contribution in [-0.2, 0) is 0 Å². The molecule has 0 aromatic carbocycles. The van der Waals surface area contributed by atoms with E-state index in [4.69, 9.17) is 5.73 Å². The van der Waals surface area contributed by atoms with Crippen LogP contribution in [0.3, 0.4) is 0 Å². The number of halogens is 1. The van der Waals surface area contributed by atoms with Gasteiger partial charge >= 0.3 is 0 Å². The molecule has 0 spiro atoms. The van der Waals surface area contributed by atoms with Crippen LogP contribution >= 0.6 is 27.7 Å². The lowest BCUT2D eigenvalue weighted by molar-refractivity contribution is 0.0934. The fourth-order valence-electron chi connectivity index (χ4n) is 1.73. The zero-order chi connectivity index (χ0) is 12.3. The highest BCUT2D eigenvalue weighted by Gasteiger charge is 2.18. The molecule has 0 saturated carbocycles. The second-order valence-electron chi connectivity index (χ2n) is 3.95. The van der Waals surface area contributed by atoms with E-state index in [1.54, 1.807) is 12.3 Å². The van der Waals surface area contributed by atoms with E-state index in [1.807, 2.05) is 11.8 Å². The highest BCUT2D eigenvalue weighted by atomic mass is 79.9. The van der Waals surface area contributed by atoms with Gasteiger partial charge in [0.15, 0.2) is 0 Å². The third-order valence-corrected chi connectivity index (χ3v) is 4.36. The lowest BCUT2D eigenvalue weighted by atomic mass is 10.1. The fourth-order valence-corrected chi connectivity index (χ4v) is 3.24. The van der Waals surface area contributed by atoms with Crippen molar-refractivity contribution in [3.05, 3.63) is 22.3 Å². The first-order chi connectivity index (χ1) is 8.16. The molecule has 17 heavy (non-hydrogen) atoms. The van der Waals surface area contributed by atoms with Crippen molar-refractivity contribution in [1.29, 1.82) is 0 Å². The van der Waals surface area contributed by atoms with E-state index in [1.165, 1.54) is 0 Å². The maximum absolute atomic E-state index is 12.1. The Hall–Kier alpha value is -0.750. The normalized spacial score (nSPS) is 16.8. The first-order valence-electron chi connectivity index (χ1n) is 5.46. The van der Waals surface area contributed by atoms with Crippen molar-refractivity contribution >= 4 is 39.4 Å². The number of amides is 1. The molecule has 1 aliphatic heterocycles. The number of nitrogens with zero attached hydrogens (tertiary/aromatic N) is 1. The Bertz CT molecular complexity index is 421. The summed E-state index contributed by atoms with van der Waals surface area (Å²) in [5, 5.41) is 3.04. The standard InChI is InChI=1S/C11H14BrN3OS/c12-9-6-14-10(13)5-8(9)11(16)15-7-1-3-17-4-2-7/h5-7H,1-4H2,(H2,13,14)(H,15,16). The predicted octanol–water partition coefficient (Wildman–Crippen LogP) is 2.05. The van der Waals surface area contributed by atoms with Crippen LogP contribution in [0.4, 0.5) is 5.82 Å². The molecule has 2 heterocycles. The van der Waals surface area contributed by atoms with Gasteiger partial charge in [0.25, 0.3) is 5.91 Å². The summed E-state index contributed by atoms with van der Waals surface area (Å²) in [7, 11) is 0. The van der Waals surface area contributed by atoms with Crippen LogP contribution in [0, 0.1) is 0 Å². The maximum atomic E-state index is 12.1. The van der Waals surface area contributed by atoms with Gasteiger partial charge in [0, 0.05) is 16.7 Å². The second kappa shape index (κ2) is 5.73. The van der Waals surface area contributed by atoms with E-state index in [0.717, 1.165) is 24.3 Å². The Morgan fingerprint density at radius 3 is 2.94 bits per heavy atom. The lowest BCUT2D eigenvalue weighted by Crippen LogP contribution is -2.37. The summed E-state index contributed by atoms with van der Waals surface area (Å²) in [6.45, 7) is 0. The molecule has 1 fully saturated rings. The Kier molecular flexibility index (Phi) is 4.28. The Morgan fingerprint density at radius 2 is 2.24 bits per heavy atom. The maximum Gasteiger partial charge on any atom is 0.252 e. The molecule has 1 amide bonds. The smallest absolute Gasteiger partial charge is 0.252 e. The first kappa shape index (κ1) is 12.7. The van der Waals surface area contributed by atoms with Crippen molar-refractivity contribution in [2.75, 3.05) is 17.2 Å². The highest BCUT2D eigenvalue weighted by Crippen LogP contribution is 2.20. The number of hydrogen-bond donors (Lipinski definition) is 2. The molecule has 0 atom stereocenters. The van der Waals surface area contributed by atoms with Gasteiger partial charge in [0.05, 0.1) is 5.56 Å². The molecule has 0 bridgehead atoms. The van der Waals surface area contributed by atoms with Gasteiger partial charge in [-0.25, -0.2) is 4.98 Å². The number of nitrogens with one attached hydrogen (secondary N) is 1. The van der Waals surface area contributed by atoms with Gasteiger partial charge < -0.3 is 11.1 Å². The average molecular weight is 316 g/mol. The number of anilines is 1. The third-order valence-electron chi connectivity index (χ3n) is 2.68. The van der Waals surface area contributed by atoms with Crippen LogP contribution < -0.4 is 11.1 Å². The predicted molar refractivity (Wildman–Crippen MR) is 74.2 cm³/mol. The molecule has 1 aromatic rings. The lowest BCUT2D eigenvalue weighted by Gasteiger charge is -2.22. The molecule has 3 N–H and O–H groups in total. The van der Waals surface area contributed by atoms with Crippen LogP contribution in [0.2, 0.25) is 0 Å². The van der Waals surface area contributed by atoms with Gasteiger partial charge in [-0.2, -0.15) is 11.8 Å². The molecule has 0 radical (unpaired) electrons. The van der Waals surface area contributed by atoms with Gasteiger partial charge in [0.1, 0.15) is 5.82 Å². The number of hydrogen-bond acceptors (Lipinski definition) is 4. The molecule has 6 heteroatoms. The largest absolute Gasteiger partial charge is 0.384 e.